The van der Waals surface area contributed by atoms with Crippen LogP contribution in [0.15, 0.2) is 40.8 Å². The highest BCUT2D eigenvalue weighted by atomic mass is 16.4. The van der Waals surface area contributed by atoms with Crippen molar-refractivity contribution in [3.8, 4) is 0 Å². The van der Waals surface area contributed by atoms with Crippen LogP contribution < -0.4 is 5.32 Å². The molecule has 0 aliphatic heterocycles. The van der Waals surface area contributed by atoms with Gasteiger partial charge >= 0.3 is 5.97 Å². The molecule has 2 N–H and O–H groups in total. The summed E-state index contributed by atoms with van der Waals surface area (Å²) in [5.74, 6) is -0.383. The molecule has 0 aliphatic rings. The number of rotatable bonds is 7. The van der Waals surface area contributed by atoms with Crippen LogP contribution in [0.4, 0.5) is 0 Å². The molecule has 5 nitrogen and oxygen atoms in total. The van der Waals surface area contributed by atoms with Crippen molar-refractivity contribution in [1.29, 1.82) is 0 Å². The normalized spacial score (nSPS) is 13.3. The van der Waals surface area contributed by atoms with E-state index >= 15 is 0 Å². The number of hydrogen-bond donors (Lipinski definition) is 2. The number of carbonyl (C=O) groups is 2. The number of aryl methyl sites for hydroxylation is 1. The molecule has 2 atom stereocenters. The van der Waals surface area contributed by atoms with Gasteiger partial charge in [-0.15, -0.1) is 0 Å². The lowest BCUT2D eigenvalue weighted by molar-refractivity contribution is -0.123. The number of aromatic carboxylic acids is 1. The first kappa shape index (κ1) is 17.8. The van der Waals surface area contributed by atoms with E-state index in [1.165, 1.54) is 6.07 Å². The summed E-state index contributed by atoms with van der Waals surface area (Å²) in [7, 11) is 0. The molecule has 1 aromatic carbocycles. The molecule has 0 saturated carbocycles. The number of hydrogen-bond acceptors (Lipinski definition) is 3. The summed E-state index contributed by atoms with van der Waals surface area (Å²) >= 11 is 0. The minimum atomic E-state index is -1.03. The third kappa shape index (κ3) is 4.04. The van der Waals surface area contributed by atoms with Gasteiger partial charge in [0.25, 0.3) is 0 Å². The van der Waals surface area contributed by atoms with Crippen LogP contribution >= 0.6 is 0 Å². The molecule has 0 saturated heterocycles. The highest BCUT2D eigenvalue weighted by molar-refractivity contribution is 5.89. The van der Waals surface area contributed by atoms with E-state index in [4.69, 9.17) is 9.52 Å². The van der Waals surface area contributed by atoms with Crippen LogP contribution in [0.5, 0.6) is 0 Å². The molecule has 24 heavy (non-hydrogen) atoms. The summed E-state index contributed by atoms with van der Waals surface area (Å²) in [4.78, 5) is 23.7. The molecule has 1 amide bonds. The maximum Gasteiger partial charge on any atom is 0.339 e. The van der Waals surface area contributed by atoms with Crippen LogP contribution in [0.25, 0.3) is 0 Å². The zero-order chi connectivity index (χ0) is 17.7. The monoisotopic (exact) mass is 329 g/mol. The van der Waals surface area contributed by atoms with Crippen LogP contribution in [0.3, 0.4) is 0 Å². The SMILES string of the molecule is CCC(C)C(C(=O)NCc1cc(C(=O)O)c(C)o1)c1ccccc1. The van der Waals surface area contributed by atoms with Gasteiger partial charge in [-0.25, -0.2) is 4.79 Å². The van der Waals surface area contributed by atoms with E-state index < -0.39 is 5.97 Å². The first-order valence-corrected chi connectivity index (χ1v) is 8.09. The summed E-state index contributed by atoms with van der Waals surface area (Å²) in [6.45, 7) is 5.88. The Kier molecular flexibility index (Phi) is 5.79. The minimum absolute atomic E-state index is 0.0820. The second-order valence-corrected chi connectivity index (χ2v) is 5.98. The lowest BCUT2D eigenvalue weighted by Gasteiger charge is -2.22. The quantitative estimate of drug-likeness (QED) is 0.811. The molecular weight excluding hydrogens is 306 g/mol. The number of furan rings is 1. The maximum absolute atomic E-state index is 12.7. The van der Waals surface area contributed by atoms with Gasteiger partial charge in [0.15, 0.2) is 0 Å². The van der Waals surface area contributed by atoms with Gasteiger partial charge in [-0.05, 0) is 24.5 Å². The second-order valence-electron chi connectivity index (χ2n) is 5.98. The van der Waals surface area contributed by atoms with E-state index in [9.17, 15) is 9.59 Å². The predicted octanol–water partition coefficient (Wildman–Crippen LogP) is 3.73. The zero-order valence-electron chi connectivity index (χ0n) is 14.2. The standard InChI is InChI=1S/C19H23NO4/c1-4-12(2)17(14-8-6-5-7-9-14)18(21)20-11-15-10-16(19(22)23)13(3)24-15/h5-10,12,17H,4,11H2,1-3H3,(H,20,21)(H,22,23). The number of benzene rings is 1. The Bertz CT molecular complexity index is 705. The van der Waals surface area contributed by atoms with Crippen LogP contribution in [0.1, 0.15) is 53.6 Å². The topological polar surface area (TPSA) is 79.5 Å². The Morgan fingerprint density at radius 2 is 1.92 bits per heavy atom. The van der Waals surface area contributed by atoms with E-state index in [0.717, 1.165) is 12.0 Å². The van der Waals surface area contributed by atoms with Gasteiger partial charge in [0, 0.05) is 0 Å². The minimum Gasteiger partial charge on any atom is -0.478 e. The number of nitrogens with one attached hydrogen (secondary N) is 1. The Labute approximate surface area is 141 Å². The fourth-order valence-corrected chi connectivity index (χ4v) is 2.76. The van der Waals surface area contributed by atoms with E-state index in [-0.39, 0.29) is 29.9 Å². The van der Waals surface area contributed by atoms with Crippen LogP contribution in [0, 0.1) is 12.8 Å². The zero-order valence-corrected chi connectivity index (χ0v) is 14.2. The molecule has 0 spiro atoms. The van der Waals surface area contributed by atoms with E-state index in [2.05, 4.69) is 19.2 Å². The number of carboxylic acids is 1. The lowest BCUT2D eigenvalue weighted by Crippen LogP contribution is -2.32. The average molecular weight is 329 g/mol. The Balaban J connectivity index is 2.11. The van der Waals surface area contributed by atoms with Crippen molar-refractivity contribution in [3.05, 3.63) is 59.0 Å². The second kappa shape index (κ2) is 7.81. The average Bonchev–Trinajstić information content (AvgIpc) is 2.95. The first-order valence-electron chi connectivity index (χ1n) is 8.09. The van der Waals surface area contributed by atoms with Gasteiger partial charge in [0.2, 0.25) is 5.91 Å². The summed E-state index contributed by atoms with van der Waals surface area (Å²) in [6, 6.07) is 11.1. The van der Waals surface area contributed by atoms with Gasteiger partial charge < -0.3 is 14.8 Å². The van der Waals surface area contributed by atoms with Crippen molar-refractivity contribution in [3.63, 3.8) is 0 Å². The number of amides is 1. The van der Waals surface area contributed by atoms with Gasteiger partial charge in [-0.1, -0.05) is 50.6 Å². The molecule has 128 valence electrons. The Morgan fingerprint density at radius 3 is 2.46 bits per heavy atom. The van der Waals surface area contributed by atoms with Crippen molar-refractivity contribution in [1.82, 2.24) is 5.32 Å². The third-order valence-electron chi connectivity index (χ3n) is 4.29. The molecule has 2 aromatic rings. The molecule has 5 heteroatoms. The molecular formula is C19H23NO4. The van der Waals surface area contributed by atoms with Crippen molar-refractivity contribution in [2.24, 2.45) is 5.92 Å². The number of carbonyl (C=O) groups excluding carboxylic acids is 1. The Morgan fingerprint density at radius 1 is 1.25 bits per heavy atom. The Hall–Kier alpha value is -2.56. The lowest BCUT2D eigenvalue weighted by atomic mass is 9.85. The molecule has 2 rings (SSSR count). The van der Waals surface area contributed by atoms with Gasteiger partial charge in [-0.2, -0.15) is 0 Å². The molecule has 0 fully saturated rings. The third-order valence-corrected chi connectivity index (χ3v) is 4.29. The molecule has 0 radical (unpaired) electrons. The van der Waals surface area contributed by atoms with E-state index in [1.807, 2.05) is 30.3 Å². The molecule has 1 heterocycles. The van der Waals surface area contributed by atoms with Crippen molar-refractivity contribution < 1.29 is 19.1 Å². The summed E-state index contributed by atoms with van der Waals surface area (Å²) in [5, 5.41) is 11.9. The summed E-state index contributed by atoms with van der Waals surface area (Å²) in [6.07, 6.45) is 0.885. The fourth-order valence-electron chi connectivity index (χ4n) is 2.76. The highest BCUT2D eigenvalue weighted by Gasteiger charge is 2.26. The maximum atomic E-state index is 12.7. The van der Waals surface area contributed by atoms with Crippen LogP contribution in [-0.2, 0) is 11.3 Å². The van der Waals surface area contributed by atoms with Crippen LogP contribution in [0.2, 0.25) is 0 Å². The smallest absolute Gasteiger partial charge is 0.339 e. The molecule has 0 bridgehead atoms. The summed E-state index contributed by atoms with van der Waals surface area (Å²) < 4.78 is 5.40. The highest BCUT2D eigenvalue weighted by Crippen LogP contribution is 2.27. The molecule has 0 aliphatic carbocycles. The largest absolute Gasteiger partial charge is 0.478 e. The van der Waals surface area contributed by atoms with Crippen molar-refractivity contribution in [2.45, 2.75) is 39.7 Å². The van der Waals surface area contributed by atoms with Gasteiger partial charge in [-0.3, -0.25) is 4.79 Å². The number of carboxylic acid groups (broad SMARTS) is 1. The van der Waals surface area contributed by atoms with E-state index in [0.29, 0.717) is 11.5 Å². The first-order chi connectivity index (χ1) is 11.4. The van der Waals surface area contributed by atoms with E-state index in [1.54, 1.807) is 6.92 Å². The fraction of sp³-hybridized carbons (Fsp3) is 0.368. The molecule has 1 aromatic heterocycles. The summed E-state index contributed by atoms with van der Waals surface area (Å²) in [5.41, 5.74) is 1.10. The van der Waals surface area contributed by atoms with Crippen molar-refractivity contribution in [2.75, 3.05) is 0 Å². The predicted molar refractivity (Wildman–Crippen MR) is 90.9 cm³/mol. The molecule has 2 unspecified atom stereocenters. The van der Waals surface area contributed by atoms with Crippen molar-refractivity contribution >= 4 is 11.9 Å². The van der Waals surface area contributed by atoms with Gasteiger partial charge in [0.1, 0.15) is 17.1 Å². The van der Waals surface area contributed by atoms with Crippen LogP contribution in [-0.4, -0.2) is 17.0 Å². The van der Waals surface area contributed by atoms with Gasteiger partial charge in [0.05, 0.1) is 12.5 Å².